The summed E-state index contributed by atoms with van der Waals surface area (Å²) in [5.41, 5.74) is 18.2. The Hall–Kier alpha value is -8.92. The standard InChI is InChI=1S/C65H41NO2/c1-2-14-45-41-47(32-27-42(45)13-1)65(59-23-7-3-15-53(59)54-16-4-8-24-60(54)65)46-33-39-50(40-34-46)66(48-35-28-43(29-36-48)51-19-11-21-57-55-17-5-9-25-61(55)67-63(51)57)49-37-30-44(31-38-49)52-20-12-22-58-56-18-6-10-26-62(56)68-64(52)58/h1-41H. The molecule has 2 aromatic heterocycles. The number of benzene rings is 11. The minimum absolute atomic E-state index is 0.529. The Morgan fingerprint density at radius 3 is 1.25 bits per heavy atom. The molecule has 0 unspecified atom stereocenters. The first-order valence-corrected chi connectivity index (χ1v) is 23.3. The Morgan fingerprint density at radius 1 is 0.294 bits per heavy atom. The SMILES string of the molecule is c1ccc2c(c1)-c1ccccc1C2(c1ccc(N(c2ccc(-c3cccc4c3oc3ccccc34)cc2)c2ccc(-c3cccc4c3oc3ccccc34)cc2)cc1)c1ccc2ccccc2c1. The highest BCUT2D eigenvalue weighted by Gasteiger charge is 2.46. The summed E-state index contributed by atoms with van der Waals surface area (Å²) in [6, 6.07) is 90.1. The Balaban J connectivity index is 0.920. The van der Waals surface area contributed by atoms with Crippen LogP contribution in [-0.2, 0) is 5.41 Å². The maximum Gasteiger partial charge on any atom is 0.143 e. The van der Waals surface area contributed by atoms with E-state index in [1.54, 1.807) is 0 Å². The highest BCUT2D eigenvalue weighted by molar-refractivity contribution is 6.10. The summed E-state index contributed by atoms with van der Waals surface area (Å²) in [4.78, 5) is 2.36. The summed E-state index contributed by atoms with van der Waals surface area (Å²) in [6.45, 7) is 0. The Bertz CT molecular complexity index is 3880. The van der Waals surface area contributed by atoms with Crippen LogP contribution in [-0.4, -0.2) is 0 Å². The van der Waals surface area contributed by atoms with Gasteiger partial charge >= 0.3 is 0 Å². The second-order valence-electron chi connectivity index (χ2n) is 17.9. The van der Waals surface area contributed by atoms with Crippen LogP contribution in [0, 0.1) is 0 Å². The third-order valence-corrected chi connectivity index (χ3v) is 14.4. The topological polar surface area (TPSA) is 29.5 Å². The number of hydrogen-bond acceptors (Lipinski definition) is 3. The van der Waals surface area contributed by atoms with Gasteiger partial charge in [0.2, 0.25) is 0 Å². The zero-order valence-electron chi connectivity index (χ0n) is 36.9. The second kappa shape index (κ2) is 15.1. The molecule has 1 aliphatic rings. The Morgan fingerprint density at radius 2 is 0.706 bits per heavy atom. The Kier molecular flexibility index (Phi) is 8.50. The van der Waals surface area contributed by atoms with Gasteiger partial charge in [-0.2, -0.15) is 0 Å². The average molecular weight is 868 g/mol. The van der Waals surface area contributed by atoms with Crippen molar-refractivity contribution in [3.8, 4) is 33.4 Å². The molecule has 2 heterocycles. The van der Waals surface area contributed by atoms with E-state index >= 15 is 0 Å². The van der Waals surface area contributed by atoms with Crippen LogP contribution in [0.3, 0.4) is 0 Å². The van der Waals surface area contributed by atoms with Crippen LogP contribution in [0.5, 0.6) is 0 Å². The van der Waals surface area contributed by atoms with Crippen molar-refractivity contribution in [2.45, 2.75) is 5.41 Å². The smallest absolute Gasteiger partial charge is 0.143 e. The maximum atomic E-state index is 6.49. The summed E-state index contributed by atoms with van der Waals surface area (Å²) in [5, 5.41) is 6.96. The molecule has 0 amide bonds. The van der Waals surface area contributed by atoms with Gasteiger partial charge in [-0.3, -0.25) is 0 Å². The third-order valence-electron chi connectivity index (χ3n) is 14.4. The zero-order valence-corrected chi connectivity index (χ0v) is 36.9. The first kappa shape index (κ1) is 38.4. The molecule has 3 nitrogen and oxygen atoms in total. The van der Waals surface area contributed by atoms with Gasteiger partial charge in [-0.1, -0.05) is 194 Å². The monoisotopic (exact) mass is 867 g/mol. The fourth-order valence-corrected chi connectivity index (χ4v) is 11.3. The molecule has 318 valence electrons. The Labute approximate surface area is 393 Å². The van der Waals surface area contributed by atoms with Crippen molar-refractivity contribution in [1.82, 2.24) is 0 Å². The van der Waals surface area contributed by atoms with Crippen molar-refractivity contribution >= 4 is 71.7 Å². The van der Waals surface area contributed by atoms with E-state index < -0.39 is 5.41 Å². The fraction of sp³-hybridized carbons (Fsp3) is 0.0154. The predicted octanol–water partition coefficient (Wildman–Crippen LogP) is 17.8. The van der Waals surface area contributed by atoms with Crippen LogP contribution in [0.2, 0.25) is 0 Å². The molecule has 0 atom stereocenters. The van der Waals surface area contributed by atoms with E-state index in [2.05, 4.69) is 229 Å². The minimum atomic E-state index is -0.529. The van der Waals surface area contributed by atoms with E-state index in [1.807, 2.05) is 24.3 Å². The van der Waals surface area contributed by atoms with Crippen molar-refractivity contribution < 1.29 is 8.83 Å². The van der Waals surface area contributed by atoms with Gasteiger partial charge in [0.25, 0.3) is 0 Å². The molecule has 13 aromatic rings. The second-order valence-corrected chi connectivity index (χ2v) is 17.9. The lowest BCUT2D eigenvalue weighted by atomic mass is 9.67. The minimum Gasteiger partial charge on any atom is -0.455 e. The van der Waals surface area contributed by atoms with Crippen LogP contribution in [0.25, 0.3) is 88.0 Å². The first-order valence-electron chi connectivity index (χ1n) is 23.3. The van der Waals surface area contributed by atoms with E-state index in [-0.39, 0.29) is 0 Å². The van der Waals surface area contributed by atoms with E-state index in [9.17, 15) is 0 Å². The quantitative estimate of drug-likeness (QED) is 0.160. The summed E-state index contributed by atoms with van der Waals surface area (Å²) in [5.74, 6) is 0. The van der Waals surface area contributed by atoms with E-state index in [1.165, 1.54) is 44.2 Å². The van der Waals surface area contributed by atoms with Gasteiger partial charge in [-0.25, -0.2) is 0 Å². The molecule has 0 spiro atoms. The number of nitrogens with zero attached hydrogens (tertiary/aromatic N) is 1. The van der Waals surface area contributed by atoms with Crippen molar-refractivity contribution in [1.29, 1.82) is 0 Å². The summed E-state index contributed by atoms with van der Waals surface area (Å²) in [7, 11) is 0. The number of hydrogen-bond donors (Lipinski definition) is 0. The van der Waals surface area contributed by atoms with Gasteiger partial charge in [-0.05, 0) is 110 Å². The number of rotatable bonds is 7. The molecule has 68 heavy (non-hydrogen) atoms. The van der Waals surface area contributed by atoms with Crippen LogP contribution in [0.15, 0.2) is 258 Å². The summed E-state index contributed by atoms with van der Waals surface area (Å²) in [6.07, 6.45) is 0. The molecule has 0 saturated heterocycles. The van der Waals surface area contributed by atoms with Crippen molar-refractivity contribution in [3.63, 3.8) is 0 Å². The summed E-state index contributed by atoms with van der Waals surface area (Å²) >= 11 is 0. The third kappa shape index (κ3) is 5.72. The van der Waals surface area contributed by atoms with Gasteiger partial charge < -0.3 is 13.7 Å². The van der Waals surface area contributed by atoms with Crippen LogP contribution in [0.4, 0.5) is 17.1 Å². The largest absolute Gasteiger partial charge is 0.455 e. The van der Waals surface area contributed by atoms with Crippen LogP contribution >= 0.6 is 0 Å². The molecule has 0 bridgehead atoms. The van der Waals surface area contributed by atoms with Gasteiger partial charge in [-0.15, -0.1) is 0 Å². The number of fused-ring (bicyclic) bond motifs is 10. The molecule has 0 saturated carbocycles. The molecular weight excluding hydrogens is 827 g/mol. The van der Waals surface area contributed by atoms with Gasteiger partial charge in [0.15, 0.2) is 0 Å². The highest BCUT2D eigenvalue weighted by Crippen LogP contribution is 2.56. The van der Waals surface area contributed by atoms with E-state index in [0.29, 0.717) is 0 Å². The zero-order chi connectivity index (χ0) is 44.8. The molecule has 1 aliphatic carbocycles. The number of anilines is 3. The molecule has 14 rings (SSSR count). The number of furan rings is 2. The van der Waals surface area contributed by atoms with E-state index in [0.717, 1.165) is 83.2 Å². The summed E-state index contributed by atoms with van der Waals surface area (Å²) < 4.78 is 13.0. The lowest BCUT2D eigenvalue weighted by Gasteiger charge is -2.34. The lowest BCUT2D eigenvalue weighted by Crippen LogP contribution is -2.28. The van der Waals surface area contributed by atoms with Crippen LogP contribution < -0.4 is 4.90 Å². The van der Waals surface area contributed by atoms with Crippen molar-refractivity contribution in [2.75, 3.05) is 4.90 Å². The van der Waals surface area contributed by atoms with Gasteiger partial charge in [0.05, 0.1) is 5.41 Å². The highest BCUT2D eigenvalue weighted by atomic mass is 16.3. The first-order chi connectivity index (χ1) is 33.7. The molecule has 11 aromatic carbocycles. The molecule has 0 aliphatic heterocycles. The maximum absolute atomic E-state index is 6.49. The van der Waals surface area contributed by atoms with Gasteiger partial charge in [0, 0.05) is 49.7 Å². The predicted molar refractivity (Wildman–Crippen MR) is 281 cm³/mol. The molecule has 0 N–H and O–H groups in total. The molecule has 0 radical (unpaired) electrons. The van der Waals surface area contributed by atoms with Crippen LogP contribution in [0.1, 0.15) is 22.3 Å². The van der Waals surface area contributed by atoms with E-state index in [4.69, 9.17) is 8.83 Å². The van der Waals surface area contributed by atoms with Crippen molar-refractivity contribution in [3.05, 3.63) is 271 Å². The average Bonchev–Trinajstić information content (AvgIpc) is 4.08. The van der Waals surface area contributed by atoms with Gasteiger partial charge in [0.1, 0.15) is 22.3 Å². The fourth-order valence-electron chi connectivity index (χ4n) is 11.3. The molecule has 3 heteroatoms. The lowest BCUT2D eigenvalue weighted by molar-refractivity contribution is 0.669. The molecular formula is C65H41NO2. The van der Waals surface area contributed by atoms with Crippen molar-refractivity contribution in [2.24, 2.45) is 0 Å². The molecule has 0 fully saturated rings. The number of para-hydroxylation sites is 4. The normalized spacial score (nSPS) is 12.8.